The van der Waals surface area contributed by atoms with Gasteiger partial charge in [-0.2, -0.15) is 4.98 Å². The maximum absolute atomic E-state index is 12.5. The first-order chi connectivity index (χ1) is 15.9. The summed E-state index contributed by atoms with van der Waals surface area (Å²) in [4.78, 5) is 49.0. The fraction of sp³-hybridized carbons (Fsp3) is 0.444. The molecule has 188 valence electrons. The lowest BCUT2D eigenvalue weighted by Gasteiger charge is -2.19. The molecule has 16 heteroatoms. The van der Waals surface area contributed by atoms with E-state index in [0.717, 1.165) is 10.1 Å². The van der Waals surface area contributed by atoms with Crippen molar-refractivity contribution in [1.82, 2.24) is 9.55 Å². The van der Waals surface area contributed by atoms with Gasteiger partial charge in [-0.15, -0.1) is 0 Å². The highest BCUT2D eigenvalue weighted by atomic mass is 31.2. The SMILES string of the molecule is Cc1cn([C@@H]2O[C@H](COP(=O)(O)CP(=O)(O)O)[C@H](O)C2O)c(=O)nc1NOCc1ccccc1. The summed E-state index contributed by atoms with van der Waals surface area (Å²) in [6, 6.07) is 9.26. The highest BCUT2D eigenvalue weighted by Gasteiger charge is 2.45. The Morgan fingerprint density at radius 1 is 1.15 bits per heavy atom. The summed E-state index contributed by atoms with van der Waals surface area (Å²) >= 11 is 0. The highest BCUT2D eigenvalue weighted by Crippen LogP contribution is 2.55. The minimum atomic E-state index is -4.84. The third-order valence-corrected chi connectivity index (χ3v) is 8.26. The molecule has 2 unspecified atom stereocenters. The molecule has 1 aromatic carbocycles. The molecule has 5 atom stereocenters. The van der Waals surface area contributed by atoms with E-state index in [0.29, 0.717) is 5.56 Å². The van der Waals surface area contributed by atoms with E-state index in [9.17, 15) is 29.0 Å². The monoisotopic (exact) mass is 521 g/mol. The van der Waals surface area contributed by atoms with Crippen molar-refractivity contribution in [2.75, 3.05) is 18.0 Å². The van der Waals surface area contributed by atoms with Gasteiger partial charge in [0.2, 0.25) is 0 Å². The van der Waals surface area contributed by atoms with Gasteiger partial charge in [0.25, 0.3) is 0 Å². The molecule has 1 aliphatic heterocycles. The van der Waals surface area contributed by atoms with Gasteiger partial charge < -0.3 is 34.2 Å². The molecular weight excluding hydrogens is 496 g/mol. The molecule has 0 saturated carbocycles. The van der Waals surface area contributed by atoms with Crippen molar-refractivity contribution in [2.45, 2.75) is 38.1 Å². The van der Waals surface area contributed by atoms with Crippen molar-refractivity contribution in [3.05, 3.63) is 58.1 Å². The van der Waals surface area contributed by atoms with Crippen LogP contribution < -0.4 is 11.2 Å². The summed E-state index contributed by atoms with van der Waals surface area (Å²) in [5, 5.41) is 20.5. The van der Waals surface area contributed by atoms with Crippen molar-refractivity contribution in [1.29, 1.82) is 0 Å². The van der Waals surface area contributed by atoms with Crippen LogP contribution in [0.25, 0.3) is 0 Å². The molecule has 0 spiro atoms. The van der Waals surface area contributed by atoms with Gasteiger partial charge in [-0.3, -0.25) is 18.5 Å². The second-order valence-electron chi connectivity index (χ2n) is 7.62. The number of aliphatic hydroxyl groups excluding tert-OH is 2. The molecule has 2 heterocycles. The molecule has 1 aromatic heterocycles. The molecule has 0 aliphatic carbocycles. The van der Waals surface area contributed by atoms with Crippen molar-refractivity contribution < 1.29 is 48.1 Å². The van der Waals surface area contributed by atoms with E-state index in [1.807, 2.05) is 30.3 Å². The number of hydrogen-bond donors (Lipinski definition) is 6. The number of benzene rings is 1. The molecule has 0 bridgehead atoms. The lowest BCUT2D eigenvalue weighted by Crippen LogP contribution is -2.36. The van der Waals surface area contributed by atoms with E-state index in [1.165, 1.54) is 6.20 Å². The molecule has 2 aromatic rings. The number of anilines is 1. The first kappa shape index (κ1) is 26.6. The minimum absolute atomic E-state index is 0.128. The Hall–Kier alpha value is -1.96. The second-order valence-corrected chi connectivity index (χ2v) is 11.6. The summed E-state index contributed by atoms with van der Waals surface area (Å²) in [5.41, 5.74) is 3.07. The summed E-state index contributed by atoms with van der Waals surface area (Å²) in [7, 11) is -9.54. The minimum Gasteiger partial charge on any atom is -0.387 e. The predicted octanol–water partition coefficient (Wildman–Crippen LogP) is 0.0518. The largest absolute Gasteiger partial charge is 0.387 e. The van der Waals surface area contributed by atoms with E-state index in [4.69, 9.17) is 19.4 Å². The average Bonchev–Trinajstić information content (AvgIpc) is 3.02. The molecule has 3 rings (SSSR count). The Balaban J connectivity index is 1.65. The van der Waals surface area contributed by atoms with Crippen LogP contribution in [0.15, 0.2) is 41.3 Å². The molecule has 6 N–H and O–H groups in total. The molecule has 1 aliphatic rings. The highest BCUT2D eigenvalue weighted by molar-refractivity contribution is 7.70. The van der Waals surface area contributed by atoms with Crippen molar-refractivity contribution in [3.8, 4) is 0 Å². The van der Waals surface area contributed by atoms with Gasteiger partial charge in [-0.05, 0) is 12.5 Å². The fourth-order valence-electron chi connectivity index (χ4n) is 3.17. The quantitative estimate of drug-likeness (QED) is 0.181. The Bertz CT molecular complexity index is 1140. The standard InChI is InChI=1S/C18H25N3O11P2/c1-11-7-21(18(24)19-16(11)20-30-8-12-5-3-2-4-6-12)17-15(23)14(22)13(32-17)9-31-34(28,29)10-33(25,26)27/h2-7,13-15,17,22-23H,8-10H2,1H3,(H,28,29)(H,19,20,24)(H2,25,26,27)/t13-,14+,15?,17-/m1/s1. The van der Waals surface area contributed by atoms with Crippen LogP contribution in [0.1, 0.15) is 17.4 Å². The average molecular weight is 521 g/mol. The van der Waals surface area contributed by atoms with E-state index >= 15 is 0 Å². The lowest BCUT2D eigenvalue weighted by molar-refractivity contribution is -0.0524. The zero-order chi connectivity index (χ0) is 25.1. The zero-order valence-electron chi connectivity index (χ0n) is 17.9. The number of nitrogens with zero attached hydrogens (tertiary/aromatic N) is 2. The summed E-state index contributed by atoms with van der Waals surface area (Å²) < 4.78 is 33.7. The summed E-state index contributed by atoms with van der Waals surface area (Å²) in [6.45, 7) is 1.05. The number of aromatic nitrogens is 2. The zero-order valence-corrected chi connectivity index (χ0v) is 19.7. The van der Waals surface area contributed by atoms with Crippen molar-refractivity contribution >= 4 is 21.0 Å². The number of nitrogens with one attached hydrogen (secondary N) is 1. The van der Waals surface area contributed by atoms with Crippen LogP contribution in [0.5, 0.6) is 0 Å². The maximum atomic E-state index is 12.5. The number of aliphatic hydroxyl groups is 2. The van der Waals surface area contributed by atoms with Crippen molar-refractivity contribution in [2.24, 2.45) is 0 Å². The van der Waals surface area contributed by atoms with Gasteiger partial charge >= 0.3 is 20.9 Å². The first-order valence-electron chi connectivity index (χ1n) is 9.90. The molecular formula is C18H25N3O11P2. The van der Waals surface area contributed by atoms with Crippen LogP contribution >= 0.6 is 15.2 Å². The van der Waals surface area contributed by atoms with Crippen LogP contribution in [0.4, 0.5) is 5.82 Å². The van der Waals surface area contributed by atoms with Crippen LogP contribution in [0, 0.1) is 6.92 Å². The predicted molar refractivity (Wildman–Crippen MR) is 117 cm³/mol. The molecule has 14 nitrogen and oxygen atoms in total. The van der Waals surface area contributed by atoms with Gasteiger partial charge in [-0.1, -0.05) is 30.3 Å². The van der Waals surface area contributed by atoms with E-state index in [-0.39, 0.29) is 12.4 Å². The van der Waals surface area contributed by atoms with Crippen LogP contribution in [0.2, 0.25) is 0 Å². The number of ether oxygens (including phenoxy) is 1. The Labute approximate surface area is 193 Å². The molecule has 1 fully saturated rings. The van der Waals surface area contributed by atoms with Crippen LogP contribution in [-0.4, -0.2) is 65.3 Å². The summed E-state index contributed by atoms with van der Waals surface area (Å²) in [6.07, 6.45) is -4.70. The van der Waals surface area contributed by atoms with E-state index in [1.54, 1.807) is 6.92 Å². The molecule has 0 amide bonds. The van der Waals surface area contributed by atoms with E-state index < -0.39 is 57.9 Å². The van der Waals surface area contributed by atoms with Gasteiger partial charge in [0.1, 0.15) is 18.3 Å². The third-order valence-electron chi connectivity index (χ3n) is 4.80. The van der Waals surface area contributed by atoms with Gasteiger partial charge in [-0.25, -0.2) is 10.3 Å². The maximum Gasteiger partial charge on any atom is 0.351 e. The molecule has 0 radical (unpaired) electrons. The number of rotatable bonds is 10. The summed E-state index contributed by atoms with van der Waals surface area (Å²) in [5.74, 6) is -1.29. The Kier molecular flexibility index (Phi) is 8.43. The fourth-order valence-corrected chi connectivity index (χ4v) is 5.74. The number of hydrogen-bond acceptors (Lipinski definition) is 10. The third kappa shape index (κ3) is 7.03. The normalized spacial score (nSPS) is 24.6. The molecule has 34 heavy (non-hydrogen) atoms. The second kappa shape index (κ2) is 10.8. The first-order valence-corrected chi connectivity index (χ1v) is 13.5. The van der Waals surface area contributed by atoms with E-state index in [2.05, 4.69) is 15.0 Å². The van der Waals surface area contributed by atoms with Crippen LogP contribution in [-0.2, 0) is 29.8 Å². The lowest BCUT2D eigenvalue weighted by atomic mass is 10.1. The van der Waals surface area contributed by atoms with Gasteiger partial charge in [0, 0.05) is 11.8 Å². The van der Waals surface area contributed by atoms with Crippen molar-refractivity contribution in [3.63, 3.8) is 0 Å². The van der Waals surface area contributed by atoms with Crippen LogP contribution in [0.3, 0.4) is 0 Å². The van der Waals surface area contributed by atoms with Gasteiger partial charge in [0.05, 0.1) is 13.2 Å². The Morgan fingerprint density at radius 2 is 1.82 bits per heavy atom. The number of aryl methyl sites for hydroxylation is 1. The molecule has 1 saturated heterocycles. The van der Waals surface area contributed by atoms with Gasteiger partial charge in [0.15, 0.2) is 17.9 Å². The topological polar surface area (TPSA) is 210 Å². The smallest absolute Gasteiger partial charge is 0.351 e. The Morgan fingerprint density at radius 3 is 2.47 bits per heavy atom.